The van der Waals surface area contributed by atoms with Gasteiger partial charge < -0.3 is 5.32 Å². The Bertz CT molecular complexity index is 513. The van der Waals surface area contributed by atoms with Gasteiger partial charge in [-0.15, -0.1) is 11.3 Å². The Labute approximate surface area is 132 Å². The molecule has 0 bridgehead atoms. The molecule has 0 aliphatic rings. The molecule has 0 radical (unpaired) electrons. The molecule has 4 heteroatoms. The fourth-order valence-corrected chi connectivity index (χ4v) is 3.60. The van der Waals surface area contributed by atoms with Crippen molar-refractivity contribution >= 4 is 38.9 Å². The van der Waals surface area contributed by atoms with Gasteiger partial charge in [-0.1, -0.05) is 53.0 Å². The van der Waals surface area contributed by atoms with E-state index in [4.69, 9.17) is 11.6 Å². The first kappa shape index (κ1) is 15.0. The van der Waals surface area contributed by atoms with E-state index in [2.05, 4.69) is 51.7 Å². The number of hydrogen-bond donors (Lipinski definition) is 1. The molecule has 1 heterocycles. The average Bonchev–Trinajstić information content (AvgIpc) is 2.90. The van der Waals surface area contributed by atoms with Crippen molar-refractivity contribution in [3.05, 3.63) is 55.6 Å². The van der Waals surface area contributed by atoms with Crippen LogP contribution >= 0.6 is 38.9 Å². The second-order valence-electron chi connectivity index (χ2n) is 4.47. The van der Waals surface area contributed by atoms with Gasteiger partial charge in [0.1, 0.15) is 0 Å². The second kappa shape index (κ2) is 7.44. The fourth-order valence-electron chi connectivity index (χ4n) is 2.02. The van der Waals surface area contributed by atoms with Gasteiger partial charge in [-0.05, 0) is 35.6 Å². The van der Waals surface area contributed by atoms with Gasteiger partial charge >= 0.3 is 0 Å². The summed E-state index contributed by atoms with van der Waals surface area (Å²) in [5, 5.41) is 6.55. The van der Waals surface area contributed by atoms with E-state index in [1.807, 2.05) is 23.5 Å². The quantitative estimate of drug-likeness (QED) is 0.688. The third-order valence-corrected chi connectivity index (χ3v) is 4.85. The van der Waals surface area contributed by atoms with Crippen LogP contribution in [0.1, 0.15) is 36.2 Å². The highest BCUT2D eigenvalue weighted by Crippen LogP contribution is 2.25. The average molecular weight is 359 g/mol. The van der Waals surface area contributed by atoms with Crippen molar-refractivity contribution in [3.8, 4) is 0 Å². The number of halogens is 2. The molecule has 1 unspecified atom stereocenters. The Morgan fingerprint density at radius 1 is 1.37 bits per heavy atom. The van der Waals surface area contributed by atoms with Crippen LogP contribution in [0.2, 0.25) is 5.02 Å². The minimum Gasteiger partial charge on any atom is -0.305 e. The number of rotatable bonds is 6. The summed E-state index contributed by atoms with van der Waals surface area (Å²) in [6.45, 7) is 3.02. The van der Waals surface area contributed by atoms with Crippen molar-refractivity contribution in [1.82, 2.24) is 5.32 Å². The molecule has 1 atom stereocenters. The highest BCUT2D eigenvalue weighted by atomic mass is 79.9. The van der Waals surface area contributed by atoms with Crippen molar-refractivity contribution in [2.24, 2.45) is 0 Å². The SMILES string of the molecule is CCCC(NCc1ccc(Br)cc1Cl)c1cccs1. The smallest absolute Gasteiger partial charge is 0.0462 e. The molecule has 0 aliphatic carbocycles. The van der Waals surface area contributed by atoms with Gasteiger partial charge in [-0.25, -0.2) is 0 Å². The third kappa shape index (κ3) is 4.32. The molecule has 0 spiro atoms. The summed E-state index contributed by atoms with van der Waals surface area (Å²) < 4.78 is 1.02. The molecule has 0 saturated heterocycles. The number of hydrogen-bond acceptors (Lipinski definition) is 2. The van der Waals surface area contributed by atoms with E-state index in [9.17, 15) is 0 Å². The van der Waals surface area contributed by atoms with E-state index >= 15 is 0 Å². The third-order valence-electron chi connectivity index (χ3n) is 3.02. The molecule has 102 valence electrons. The Morgan fingerprint density at radius 3 is 2.84 bits per heavy atom. The normalized spacial score (nSPS) is 12.6. The standard InChI is InChI=1S/C15H17BrClNS/c1-2-4-14(15-5-3-8-19-15)18-10-11-6-7-12(16)9-13(11)17/h3,5-9,14,18H,2,4,10H2,1H3. The zero-order valence-electron chi connectivity index (χ0n) is 10.8. The van der Waals surface area contributed by atoms with Gasteiger partial charge in [0.15, 0.2) is 0 Å². The van der Waals surface area contributed by atoms with Crippen molar-refractivity contribution in [3.63, 3.8) is 0 Å². The molecule has 1 nitrogen and oxygen atoms in total. The minimum absolute atomic E-state index is 0.421. The molecule has 2 aromatic rings. The lowest BCUT2D eigenvalue weighted by Crippen LogP contribution is -2.20. The zero-order chi connectivity index (χ0) is 13.7. The lowest BCUT2D eigenvalue weighted by molar-refractivity contribution is 0.500. The van der Waals surface area contributed by atoms with Crippen LogP contribution in [0.15, 0.2) is 40.2 Å². The van der Waals surface area contributed by atoms with Crippen molar-refractivity contribution in [1.29, 1.82) is 0 Å². The topological polar surface area (TPSA) is 12.0 Å². The predicted octanol–water partition coefficient (Wildman–Crippen LogP) is 5.80. The summed E-state index contributed by atoms with van der Waals surface area (Å²) in [6.07, 6.45) is 2.32. The summed E-state index contributed by atoms with van der Waals surface area (Å²) in [6, 6.07) is 10.8. The zero-order valence-corrected chi connectivity index (χ0v) is 14.0. The van der Waals surface area contributed by atoms with Crippen molar-refractivity contribution < 1.29 is 0 Å². The molecule has 19 heavy (non-hydrogen) atoms. The Kier molecular flexibility index (Phi) is 5.89. The van der Waals surface area contributed by atoms with Crippen LogP contribution in [-0.4, -0.2) is 0 Å². The molecule has 1 N–H and O–H groups in total. The monoisotopic (exact) mass is 357 g/mol. The van der Waals surface area contributed by atoms with Crippen LogP contribution in [-0.2, 0) is 6.54 Å². The van der Waals surface area contributed by atoms with Gasteiger partial charge in [0.05, 0.1) is 0 Å². The molecular formula is C15H17BrClNS. The number of benzene rings is 1. The Morgan fingerprint density at radius 2 is 2.21 bits per heavy atom. The minimum atomic E-state index is 0.421. The summed E-state index contributed by atoms with van der Waals surface area (Å²) in [5.41, 5.74) is 1.14. The van der Waals surface area contributed by atoms with E-state index in [-0.39, 0.29) is 0 Å². The van der Waals surface area contributed by atoms with Gasteiger partial charge in [0.2, 0.25) is 0 Å². The summed E-state index contributed by atoms with van der Waals surface area (Å²) in [5.74, 6) is 0. The lowest BCUT2D eigenvalue weighted by Gasteiger charge is -2.17. The molecule has 1 aromatic heterocycles. The Balaban J connectivity index is 2.02. The molecular weight excluding hydrogens is 342 g/mol. The first-order chi connectivity index (χ1) is 9.20. The molecule has 2 rings (SSSR count). The van der Waals surface area contributed by atoms with E-state index in [0.717, 1.165) is 28.0 Å². The van der Waals surface area contributed by atoms with Crippen LogP contribution in [0.25, 0.3) is 0 Å². The first-order valence-corrected chi connectivity index (χ1v) is 8.46. The van der Waals surface area contributed by atoms with E-state index in [0.29, 0.717) is 6.04 Å². The fraction of sp³-hybridized carbons (Fsp3) is 0.333. The highest BCUT2D eigenvalue weighted by Gasteiger charge is 2.11. The molecule has 0 amide bonds. The summed E-state index contributed by atoms with van der Waals surface area (Å²) in [7, 11) is 0. The van der Waals surface area contributed by atoms with E-state index in [1.165, 1.54) is 11.3 Å². The van der Waals surface area contributed by atoms with Crippen molar-refractivity contribution in [2.75, 3.05) is 0 Å². The predicted molar refractivity (Wildman–Crippen MR) is 88.0 cm³/mol. The van der Waals surface area contributed by atoms with Gasteiger partial charge in [-0.2, -0.15) is 0 Å². The van der Waals surface area contributed by atoms with Gasteiger partial charge in [-0.3, -0.25) is 0 Å². The van der Waals surface area contributed by atoms with E-state index in [1.54, 1.807) is 0 Å². The van der Waals surface area contributed by atoms with E-state index < -0.39 is 0 Å². The maximum atomic E-state index is 6.25. The lowest BCUT2D eigenvalue weighted by atomic mass is 10.1. The first-order valence-electron chi connectivity index (χ1n) is 6.41. The van der Waals surface area contributed by atoms with Crippen LogP contribution < -0.4 is 5.32 Å². The number of thiophene rings is 1. The van der Waals surface area contributed by atoms with Crippen molar-refractivity contribution in [2.45, 2.75) is 32.4 Å². The highest BCUT2D eigenvalue weighted by molar-refractivity contribution is 9.10. The molecule has 1 aromatic carbocycles. The maximum absolute atomic E-state index is 6.25. The van der Waals surface area contributed by atoms with Gasteiger partial charge in [0, 0.05) is 27.0 Å². The van der Waals surface area contributed by atoms with Crippen LogP contribution in [0.3, 0.4) is 0 Å². The van der Waals surface area contributed by atoms with Crippen LogP contribution in [0.4, 0.5) is 0 Å². The van der Waals surface area contributed by atoms with Gasteiger partial charge in [0.25, 0.3) is 0 Å². The molecule has 0 saturated carbocycles. The maximum Gasteiger partial charge on any atom is 0.0462 e. The number of nitrogens with one attached hydrogen (secondary N) is 1. The van der Waals surface area contributed by atoms with Crippen LogP contribution in [0.5, 0.6) is 0 Å². The summed E-state index contributed by atoms with van der Waals surface area (Å²) >= 11 is 11.5. The Hall–Kier alpha value is -0.350. The largest absolute Gasteiger partial charge is 0.305 e. The molecule has 0 aliphatic heterocycles. The second-order valence-corrected chi connectivity index (χ2v) is 6.78. The van der Waals surface area contributed by atoms with Crippen LogP contribution in [0, 0.1) is 0 Å². The summed E-state index contributed by atoms with van der Waals surface area (Å²) in [4.78, 5) is 1.40. The molecule has 0 fully saturated rings.